The Labute approximate surface area is 108 Å². The van der Waals surface area contributed by atoms with Gasteiger partial charge in [0.15, 0.2) is 0 Å². The topological polar surface area (TPSA) is 15.3 Å². The zero-order valence-corrected chi connectivity index (χ0v) is 11.6. The summed E-state index contributed by atoms with van der Waals surface area (Å²) in [5, 5.41) is 3.36. The molecular weight excluding hydrogens is 241 g/mol. The van der Waals surface area contributed by atoms with E-state index in [9.17, 15) is 13.2 Å². The number of hydrogen-bond donors (Lipinski definition) is 1. The number of rotatable bonds is 5. The minimum Gasteiger partial charge on any atom is -0.313 e. The molecule has 0 amide bonds. The van der Waals surface area contributed by atoms with Crippen LogP contribution in [-0.2, 0) is 0 Å². The summed E-state index contributed by atoms with van der Waals surface area (Å²) < 4.78 is 38.1. The number of hydrogen-bond acceptors (Lipinski definition) is 2. The maximum absolute atomic E-state index is 12.7. The molecule has 1 aliphatic rings. The van der Waals surface area contributed by atoms with E-state index in [1.165, 1.54) is 0 Å². The number of alkyl halides is 3. The maximum atomic E-state index is 12.7. The highest BCUT2D eigenvalue weighted by Crippen LogP contribution is 2.33. The number of nitrogens with zero attached hydrogens (tertiary/aromatic N) is 1. The Morgan fingerprint density at radius 2 is 2.00 bits per heavy atom. The number of halogens is 3. The molecule has 0 aromatic heterocycles. The van der Waals surface area contributed by atoms with Gasteiger partial charge >= 0.3 is 6.18 Å². The van der Waals surface area contributed by atoms with Crippen molar-refractivity contribution in [2.75, 3.05) is 26.2 Å². The summed E-state index contributed by atoms with van der Waals surface area (Å²) in [6.45, 7) is 8.79. The fourth-order valence-corrected chi connectivity index (χ4v) is 2.54. The zero-order chi connectivity index (χ0) is 13.8. The fourth-order valence-electron chi connectivity index (χ4n) is 2.54. The quantitative estimate of drug-likeness (QED) is 0.823. The summed E-state index contributed by atoms with van der Waals surface area (Å²) in [6, 6.07) is 0.280. The van der Waals surface area contributed by atoms with E-state index < -0.39 is 12.1 Å². The predicted molar refractivity (Wildman–Crippen MR) is 67.5 cm³/mol. The smallest absolute Gasteiger partial charge is 0.313 e. The summed E-state index contributed by atoms with van der Waals surface area (Å²) in [5.74, 6) is -0.697. The van der Waals surface area contributed by atoms with Gasteiger partial charge in [-0.2, -0.15) is 13.2 Å². The van der Waals surface area contributed by atoms with Crippen LogP contribution in [0.1, 0.15) is 33.6 Å². The Morgan fingerprint density at radius 3 is 2.50 bits per heavy atom. The minimum absolute atomic E-state index is 0.165. The van der Waals surface area contributed by atoms with E-state index >= 15 is 0 Å². The predicted octanol–water partition coefficient (Wildman–Crippen LogP) is 2.89. The molecule has 1 rings (SSSR count). The molecule has 18 heavy (non-hydrogen) atoms. The second-order valence-electron chi connectivity index (χ2n) is 5.55. The van der Waals surface area contributed by atoms with Crippen molar-refractivity contribution in [3.63, 3.8) is 0 Å². The molecule has 1 N–H and O–H groups in total. The first-order valence-corrected chi connectivity index (χ1v) is 6.87. The van der Waals surface area contributed by atoms with E-state index in [1.54, 1.807) is 0 Å². The maximum Gasteiger partial charge on any atom is 0.393 e. The van der Waals surface area contributed by atoms with Gasteiger partial charge in [0, 0.05) is 19.1 Å². The third kappa shape index (κ3) is 4.76. The molecule has 2 unspecified atom stereocenters. The average molecular weight is 266 g/mol. The third-order valence-electron chi connectivity index (χ3n) is 3.69. The van der Waals surface area contributed by atoms with Crippen molar-refractivity contribution in [3.8, 4) is 0 Å². The van der Waals surface area contributed by atoms with Crippen LogP contribution >= 0.6 is 0 Å². The molecule has 0 aromatic carbocycles. The lowest BCUT2D eigenvalue weighted by molar-refractivity contribution is -0.187. The Kier molecular flexibility index (Phi) is 5.92. The van der Waals surface area contributed by atoms with E-state index in [1.807, 2.05) is 11.8 Å². The minimum atomic E-state index is -4.04. The lowest BCUT2D eigenvalue weighted by Gasteiger charge is -2.36. The standard InChI is InChI=1S/C13H25F3N2/c1-4-17-12(10(2)3)9-18-7-5-6-11(8-18)13(14,15)16/h10-12,17H,4-9H2,1-3H3. The molecule has 2 atom stereocenters. The molecule has 0 bridgehead atoms. The van der Waals surface area contributed by atoms with Gasteiger partial charge in [0.2, 0.25) is 0 Å². The average Bonchev–Trinajstić information content (AvgIpc) is 2.27. The number of likely N-dealkylation sites (tertiary alicyclic amines) is 1. The van der Waals surface area contributed by atoms with Crippen molar-refractivity contribution in [1.82, 2.24) is 10.2 Å². The van der Waals surface area contributed by atoms with E-state index in [-0.39, 0.29) is 19.0 Å². The van der Waals surface area contributed by atoms with Crippen LogP contribution in [0.25, 0.3) is 0 Å². The van der Waals surface area contributed by atoms with Crippen molar-refractivity contribution in [3.05, 3.63) is 0 Å². The Balaban J connectivity index is 2.50. The second kappa shape index (κ2) is 6.75. The summed E-state index contributed by atoms with van der Waals surface area (Å²) in [7, 11) is 0. The van der Waals surface area contributed by atoms with Crippen LogP contribution in [0.4, 0.5) is 13.2 Å². The SMILES string of the molecule is CCNC(CN1CCCC(C(F)(F)F)C1)C(C)C. The van der Waals surface area contributed by atoms with Crippen LogP contribution < -0.4 is 5.32 Å². The highest BCUT2D eigenvalue weighted by atomic mass is 19.4. The third-order valence-corrected chi connectivity index (χ3v) is 3.69. The molecule has 0 aromatic rings. The van der Waals surface area contributed by atoms with E-state index in [4.69, 9.17) is 0 Å². The van der Waals surface area contributed by atoms with Crippen LogP contribution in [-0.4, -0.2) is 43.3 Å². The van der Waals surface area contributed by atoms with Crippen LogP contribution in [0.3, 0.4) is 0 Å². The molecule has 0 radical (unpaired) electrons. The fraction of sp³-hybridized carbons (Fsp3) is 1.00. The van der Waals surface area contributed by atoms with Crippen LogP contribution in [0.2, 0.25) is 0 Å². The van der Waals surface area contributed by atoms with Crippen LogP contribution in [0.15, 0.2) is 0 Å². The molecule has 0 spiro atoms. The number of nitrogens with one attached hydrogen (secondary N) is 1. The van der Waals surface area contributed by atoms with Crippen LogP contribution in [0, 0.1) is 11.8 Å². The largest absolute Gasteiger partial charge is 0.393 e. The summed E-state index contributed by atoms with van der Waals surface area (Å²) in [6.07, 6.45) is -3.10. The number of piperidine rings is 1. The van der Waals surface area contributed by atoms with Gasteiger partial charge in [-0.15, -0.1) is 0 Å². The molecule has 108 valence electrons. The normalized spacial score (nSPS) is 24.5. The summed E-state index contributed by atoms with van der Waals surface area (Å²) in [5.41, 5.74) is 0. The van der Waals surface area contributed by atoms with E-state index in [0.29, 0.717) is 12.3 Å². The first-order chi connectivity index (χ1) is 8.34. The van der Waals surface area contributed by atoms with Crippen LogP contribution in [0.5, 0.6) is 0 Å². The Morgan fingerprint density at radius 1 is 1.33 bits per heavy atom. The Bertz CT molecular complexity index is 241. The lowest BCUT2D eigenvalue weighted by Crippen LogP contribution is -2.49. The molecule has 0 saturated carbocycles. The molecule has 1 fully saturated rings. The summed E-state index contributed by atoms with van der Waals surface area (Å²) in [4.78, 5) is 1.97. The molecule has 0 aliphatic carbocycles. The summed E-state index contributed by atoms with van der Waals surface area (Å²) >= 11 is 0. The first-order valence-electron chi connectivity index (χ1n) is 6.87. The highest BCUT2D eigenvalue weighted by molar-refractivity contribution is 4.82. The lowest BCUT2D eigenvalue weighted by atomic mass is 9.95. The van der Waals surface area contributed by atoms with Gasteiger partial charge in [0.05, 0.1) is 5.92 Å². The zero-order valence-electron chi connectivity index (χ0n) is 11.6. The van der Waals surface area contributed by atoms with Gasteiger partial charge < -0.3 is 10.2 Å². The van der Waals surface area contributed by atoms with Crippen molar-refractivity contribution in [2.24, 2.45) is 11.8 Å². The van der Waals surface area contributed by atoms with Gasteiger partial charge in [-0.1, -0.05) is 20.8 Å². The van der Waals surface area contributed by atoms with E-state index in [2.05, 4.69) is 19.2 Å². The van der Waals surface area contributed by atoms with E-state index in [0.717, 1.165) is 19.6 Å². The molecule has 1 heterocycles. The Hall–Kier alpha value is -0.290. The van der Waals surface area contributed by atoms with Gasteiger partial charge in [-0.05, 0) is 31.8 Å². The molecule has 1 saturated heterocycles. The first kappa shape index (κ1) is 15.8. The van der Waals surface area contributed by atoms with Crippen molar-refractivity contribution in [1.29, 1.82) is 0 Å². The molecular formula is C13H25F3N2. The van der Waals surface area contributed by atoms with Gasteiger partial charge in [0.1, 0.15) is 0 Å². The van der Waals surface area contributed by atoms with Gasteiger partial charge in [-0.3, -0.25) is 0 Å². The second-order valence-corrected chi connectivity index (χ2v) is 5.55. The monoisotopic (exact) mass is 266 g/mol. The van der Waals surface area contributed by atoms with Gasteiger partial charge in [0.25, 0.3) is 0 Å². The molecule has 1 aliphatic heterocycles. The van der Waals surface area contributed by atoms with Crippen molar-refractivity contribution >= 4 is 0 Å². The van der Waals surface area contributed by atoms with Crippen molar-refractivity contribution < 1.29 is 13.2 Å². The van der Waals surface area contributed by atoms with Gasteiger partial charge in [-0.25, -0.2) is 0 Å². The highest BCUT2D eigenvalue weighted by Gasteiger charge is 2.41. The molecule has 2 nitrogen and oxygen atoms in total. The van der Waals surface area contributed by atoms with Crippen molar-refractivity contribution in [2.45, 2.75) is 45.8 Å². The number of likely N-dealkylation sites (N-methyl/N-ethyl adjacent to an activating group) is 1. The molecule has 5 heteroatoms.